The molecule has 0 radical (unpaired) electrons. The summed E-state index contributed by atoms with van der Waals surface area (Å²) in [4.78, 5) is 0. The van der Waals surface area contributed by atoms with Gasteiger partial charge >= 0.3 is 0 Å². The molecule has 2 atom stereocenters. The molecule has 0 amide bonds. The number of unbranched alkanes of at least 4 members (excludes halogenated alkanes) is 2. The molecule has 2 N–H and O–H groups in total. The summed E-state index contributed by atoms with van der Waals surface area (Å²) in [5.41, 5.74) is 5.79. The third kappa shape index (κ3) is 7.37. The van der Waals surface area contributed by atoms with Gasteiger partial charge in [-0.25, -0.2) is 0 Å². The molecule has 86 valence electrons. The predicted octanol–water partition coefficient (Wildman–Crippen LogP) is 3.97. The standard InChI is InChI=1S/C13H29N/c1-4-6-8-12(3)10-13(11-14)9-7-5-2/h12-13H,4-11,14H2,1-3H3. The number of hydrogen-bond acceptors (Lipinski definition) is 1. The van der Waals surface area contributed by atoms with Crippen molar-refractivity contribution in [2.75, 3.05) is 6.54 Å². The topological polar surface area (TPSA) is 26.0 Å². The van der Waals surface area contributed by atoms with Gasteiger partial charge in [0, 0.05) is 0 Å². The average molecular weight is 199 g/mol. The molecule has 2 unspecified atom stereocenters. The molecule has 1 heteroatoms. The molecule has 0 saturated carbocycles. The van der Waals surface area contributed by atoms with Gasteiger partial charge in [0.15, 0.2) is 0 Å². The smallest absolute Gasteiger partial charge is 0.00488 e. The summed E-state index contributed by atoms with van der Waals surface area (Å²) in [6, 6.07) is 0. The second kappa shape index (κ2) is 9.51. The van der Waals surface area contributed by atoms with Crippen LogP contribution in [-0.4, -0.2) is 6.54 Å². The maximum absolute atomic E-state index is 5.79. The van der Waals surface area contributed by atoms with E-state index in [0.29, 0.717) is 0 Å². The lowest BCUT2D eigenvalue weighted by Crippen LogP contribution is -2.17. The number of nitrogens with two attached hydrogens (primary N) is 1. The minimum Gasteiger partial charge on any atom is -0.330 e. The third-order valence-corrected chi connectivity index (χ3v) is 3.09. The van der Waals surface area contributed by atoms with Gasteiger partial charge in [0.2, 0.25) is 0 Å². The average Bonchev–Trinajstić information content (AvgIpc) is 2.21. The second-order valence-electron chi connectivity index (χ2n) is 4.73. The third-order valence-electron chi connectivity index (χ3n) is 3.09. The van der Waals surface area contributed by atoms with E-state index in [0.717, 1.165) is 18.4 Å². The second-order valence-corrected chi connectivity index (χ2v) is 4.73. The first-order valence-electron chi connectivity index (χ1n) is 6.44. The van der Waals surface area contributed by atoms with Crippen LogP contribution in [0.15, 0.2) is 0 Å². The SMILES string of the molecule is CCCCC(C)CC(CN)CCCC. The lowest BCUT2D eigenvalue weighted by atomic mass is 9.89. The van der Waals surface area contributed by atoms with E-state index >= 15 is 0 Å². The van der Waals surface area contributed by atoms with Crippen molar-refractivity contribution in [1.29, 1.82) is 0 Å². The Balaban J connectivity index is 3.57. The van der Waals surface area contributed by atoms with Gasteiger partial charge in [-0.1, -0.05) is 52.9 Å². The van der Waals surface area contributed by atoms with Gasteiger partial charge in [-0.05, 0) is 31.2 Å². The van der Waals surface area contributed by atoms with Crippen molar-refractivity contribution in [3.63, 3.8) is 0 Å². The fourth-order valence-electron chi connectivity index (χ4n) is 2.06. The zero-order chi connectivity index (χ0) is 10.8. The molecule has 1 nitrogen and oxygen atoms in total. The van der Waals surface area contributed by atoms with Crippen LogP contribution < -0.4 is 5.73 Å². The van der Waals surface area contributed by atoms with E-state index in [2.05, 4.69) is 20.8 Å². The molecule has 0 spiro atoms. The van der Waals surface area contributed by atoms with Crippen molar-refractivity contribution in [2.45, 2.75) is 65.7 Å². The van der Waals surface area contributed by atoms with Gasteiger partial charge in [-0.3, -0.25) is 0 Å². The summed E-state index contributed by atoms with van der Waals surface area (Å²) in [5.74, 6) is 1.65. The lowest BCUT2D eigenvalue weighted by molar-refractivity contribution is 0.348. The molecule has 0 aromatic rings. The summed E-state index contributed by atoms with van der Waals surface area (Å²) >= 11 is 0. The Morgan fingerprint density at radius 1 is 1.00 bits per heavy atom. The molecule has 0 aliphatic heterocycles. The predicted molar refractivity (Wildman–Crippen MR) is 65.4 cm³/mol. The van der Waals surface area contributed by atoms with Crippen molar-refractivity contribution in [2.24, 2.45) is 17.6 Å². The Morgan fingerprint density at radius 2 is 1.57 bits per heavy atom. The Bertz CT molecular complexity index is 112. The van der Waals surface area contributed by atoms with E-state index in [1.54, 1.807) is 0 Å². The summed E-state index contributed by atoms with van der Waals surface area (Å²) in [7, 11) is 0. The van der Waals surface area contributed by atoms with Crippen LogP contribution in [0.25, 0.3) is 0 Å². The molecule has 0 aliphatic rings. The normalized spacial score (nSPS) is 15.4. The van der Waals surface area contributed by atoms with Gasteiger partial charge in [0.25, 0.3) is 0 Å². The molecule has 0 rings (SSSR count). The zero-order valence-electron chi connectivity index (χ0n) is 10.4. The molecule has 0 heterocycles. The first-order valence-corrected chi connectivity index (χ1v) is 6.44. The van der Waals surface area contributed by atoms with E-state index in [1.165, 1.54) is 44.9 Å². The van der Waals surface area contributed by atoms with E-state index in [1.807, 2.05) is 0 Å². The fourth-order valence-corrected chi connectivity index (χ4v) is 2.06. The Hall–Kier alpha value is -0.0400. The fraction of sp³-hybridized carbons (Fsp3) is 1.00. The van der Waals surface area contributed by atoms with E-state index in [9.17, 15) is 0 Å². The Morgan fingerprint density at radius 3 is 2.07 bits per heavy atom. The van der Waals surface area contributed by atoms with Crippen LogP contribution in [0.1, 0.15) is 65.7 Å². The molecule has 0 bridgehead atoms. The van der Waals surface area contributed by atoms with E-state index in [4.69, 9.17) is 5.73 Å². The van der Waals surface area contributed by atoms with Crippen LogP contribution >= 0.6 is 0 Å². The monoisotopic (exact) mass is 199 g/mol. The summed E-state index contributed by atoms with van der Waals surface area (Å²) in [6.45, 7) is 7.79. The van der Waals surface area contributed by atoms with Crippen LogP contribution in [0.5, 0.6) is 0 Å². The van der Waals surface area contributed by atoms with Crippen molar-refractivity contribution in [1.82, 2.24) is 0 Å². The summed E-state index contributed by atoms with van der Waals surface area (Å²) in [6.07, 6.45) is 9.43. The van der Waals surface area contributed by atoms with Gasteiger partial charge in [0.05, 0.1) is 0 Å². The van der Waals surface area contributed by atoms with Gasteiger partial charge in [-0.15, -0.1) is 0 Å². The highest BCUT2D eigenvalue weighted by Crippen LogP contribution is 2.21. The Kier molecular flexibility index (Phi) is 9.49. The first kappa shape index (κ1) is 14.0. The van der Waals surface area contributed by atoms with Gasteiger partial charge in [-0.2, -0.15) is 0 Å². The molecular formula is C13H29N. The summed E-state index contributed by atoms with van der Waals surface area (Å²) < 4.78 is 0. The van der Waals surface area contributed by atoms with E-state index in [-0.39, 0.29) is 0 Å². The zero-order valence-corrected chi connectivity index (χ0v) is 10.4. The minimum absolute atomic E-state index is 0.779. The van der Waals surface area contributed by atoms with Gasteiger partial charge < -0.3 is 5.73 Å². The molecule has 0 aromatic heterocycles. The van der Waals surface area contributed by atoms with Crippen LogP contribution in [0, 0.1) is 11.8 Å². The molecule has 0 fully saturated rings. The quantitative estimate of drug-likeness (QED) is 0.597. The maximum Gasteiger partial charge on any atom is -0.00488 e. The highest BCUT2D eigenvalue weighted by atomic mass is 14.5. The molecule has 0 saturated heterocycles. The highest BCUT2D eigenvalue weighted by molar-refractivity contribution is 4.64. The van der Waals surface area contributed by atoms with Crippen molar-refractivity contribution in [3.05, 3.63) is 0 Å². The first-order chi connectivity index (χ1) is 6.74. The lowest BCUT2D eigenvalue weighted by Gasteiger charge is -2.19. The highest BCUT2D eigenvalue weighted by Gasteiger charge is 2.10. The number of hydrogen-bond donors (Lipinski definition) is 1. The molecule has 14 heavy (non-hydrogen) atoms. The summed E-state index contributed by atoms with van der Waals surface area (Å²) in [5, 5.41) is 0. The molecule has 0 aliphatic carbocycles. The van der Waals surface area contributed by atoms with Crippen LogP contribution in [-0.2, 0) is 0 Å². The van der Waals surface area contributed by atoms with Crippen LogP contribution in [0.2, 0.25) is 0 Å². The van der Waals surface area contributed by atoms with Crippen molar-refractivity contribution >= 4 is 0 Å². The van der Waals surface area contributed by atoms with Crippen molar-refractivity contribution < 1.29 is 0 Å². The molecular weight excluding hydrogens is 170 g/mol. The van der Waals surface area contributed by atoms with Crippen LogP contribution in [0.3, 0.4) is 0 Å². The number of rotatable bonds is 9. The minimum atomic E-state index is 0.779. The maximum atomic E-state index is 5.79. The van der Waals surface area contributed by atoms with E-state index < -0.39 is 0 Å². The molecule has 0 aromatic carbocycles. The Labute approximate surface area is 90.5 Å². The largest absolute Gasteiger partial charge is 0.330 e. The van der Waals surface area contributed by atoms with Crippen LogP contribution in [0.4, 0.5) is 0 Å². The van der Waals surface area contributed by atoms with Gasteiger partial charge in [0.1, 0.15) is 0 Å². The van der Waals surface area contributed by atoms with Crippen molar-refractivity contribution in [3.8, 4) is 0 Å².